The van der Waals surface area contributed by atoms with Gasteiger partial charge >= 0.3 is 0 Å². The van der Waals surface area contributed by atoms with Gasteiger partial charge in [-0.3, -0.25) is 0 Å². The summed E-state index contributed by atoms with van der Waals surface area (Å²) >= 11 is 1.83. The summed E-state index contributed by atoms with van der Waals surface area (Å²) in [5.41, 5.74) is 10.8. The predicted molar refractivity (Wildman–Crippen MR) is 251 cm³/mol. The molecule has 274 valence electrons. The van der Waals surface area contributed by atoms with Crippen LogP contribution in [0.25, 0.3) is 130 Å². The van der Waals surface area contributed by atoms with Crippen LogP contribution in [0.2, 0.25) is 0 Å². The normalized spacial score (nSPS) is 12.1. The van der Waals surface area contributed by atoms with Crippen LogP contribution >= 0.6 is 11.3 Å². The highest BCUT2D eigenvalue weighted by Gasteiger charge is 2.24. The van der Waals surface area contributed by atoms with Gasteiger partial charge in [-0.2, -0.15) is 0 Å². The third-order valence-corrected chi connectivity index (χ3v) is 13.4. The topological polar surface area (TPSA) is 26.3 Å². The predicted octanol–water partition coefficient (Wildman–Crippen LogP) is 16.8. The Morgan fingerprint density at radius 2 is 0.949 bits per heavy atom. The van der Waals surface area contributed by atoms with Crippen molar-refractivity contribution in [2.75, 3.05) is 0 Å². The number of hydrogen-bond acceptors (Lipinski definition) is 3. The van der Waals surface area contributed by atoms with E-state index in [0.29, 0.717) is 0 Å². The quantitative estimate of drug-likeness (QED) is 0.167. The Morgan fingerprint density at radius 3 is 1.69 bits per heavy atom. The zero-order chi connectivity index (χ0) is 38.6. The molecule has 13 aromatic rings. The highest BCUT2D eigenvalue weighted by Crippen LogP contribution is 2.50. The summed E-state index contributed by atoms with van der Waals surface area (Å²) in [5.74, 6) is 0.898. The first-order chi connectivity index (χ1) is 29.3. The average Bonchev–Trinajstić information content (AvgIpc) is 4.00. The summed E-state index contributed by atoms with van der Waals surface area (Å²) < 4.78 is 16.3. The van der Waals surface area contributed by atoms with Crippen molar-refractivity contribution in [3.05, 3.63) is 194 Å². The summed E-state index contributed by atoms with van der Waals surface area (Å²) in [4.78, 5) is 0. The van der Waals surface area contributed by atoms with Gasteiger partial charge in [0, 0.05) is 58.6 Å². The number of fused-ring (bicyclic) bond motifs is 12. The zero-order valence-corrected chi connectivity index (χ0v) is 32.5. The molecule has 3 aromatic heterocycles. The Morgan fingerprint density at radius 1 is 0.322 bits per heavy atom. The standard InChI is InChI=1S/C56H32O2S/c1-3-15-34(16-4-1)50-44-28-31-48-53(56(44)58-54(50)35-17-5-2-6-18-35)45-32-36(27-30-47(45)59-48)49-38-20-9-11-22-40(38)51(41-23-12-10-21-39(41)49)42-24-13-25-43-52-37-19-8-7-14-33(37)26-29-46(52)57-55(42)43/h1-32H. The molecular formula is C56H32O2S. The molecule has 0 aliphatic rings. The number of benzene rings is 10. The van der Waals surface area contributed by atoms with Crippen LogP contribution < -0.4 is 0 Å². The summed E-state index contributed by atoms with van der Waals surface area (Å²) in [6, 6.07) is 69.9. The maximum Gasteiger partial charge on any atom is 0.144 e. The van der Waals surface area contributed by atoms with E-state index in [0.717, 1.165) is 60.9 Å². The van der Waals surface area contributed by atoms with Gasteiger partial charge in [-0.15, -0.1) is 11.3 Å². The smallest absolute Gasteiger partial charge is 0.144 e. The van der Waals surface area contributed by atoms with Crippen LogP contribution in [0.3, 0.4) is 0 Å². The Hall–Kier alpha value is -7.46. The van der Waals surface area contributed by atoms with Crippen LogP contribution in [0.15, 0.2) is 203 Å². The molecule has 0 aliphatic carbocycles. The van der Waals surface area contributed by atoms with Crippen molar-refractivity contribution in [1.82, 2.24) is 0 Å². The highest BCUT2D eigenvalue weighted by molar-refractivity contribution is 7.26. The van der Waals surface area contributed by atoms with Gasteiger partial charge in [-0.1, -0.05) is 164 Å². The molecule has 0 saturated heterocycles. The van der Waals surface area contributed by atoms with Gasteiger partial charge in [0.2, 0.25) is 0 Å². The van der Waals surface area contributed by atoms with Crippen LogP contribution in [0, 0.1) is 0 Å². The Bertz CT molecular complexity index is 3770. The third-order valence-electron chi connectivity index (χ3n) is 12.3. The first kappa shape index (κ1) is 32.6. The number of thiophene rings is 1. The lowest BCUT2D eigenvalue weighted by atomic mass is 9.85. The van der Waals surface area contributed by atoms with Crippen LogP contribution in [-0.2, 0) is 0 Å². The number of rotatable bonds is 4. The van der Waals surface area contributed by atoms with Gasteiger partial charge in [0.25, 0.3) is 0 Å². The van der Waals surface area contributed by atoms with Crippen molar-refractivity contribution in [1.29, 1.82) is 0 Å². The maximum atomic E-state index is 7.05. The number of furan rings is 2. The minimum Gasteiger partial charge on any atom is -0.455 e. The average molecular weight is 769 g/mol. The molecule has 0 saturated carbocycles. The molecule has 0 unspecified atom stereocenters. The molecule has 0 radical (unpaired) electrons. The van der Waals surface area contributed by atoms with Crippen molar-refractivity contribution in [3.8, 4) is 44.7 Å². The summed E-state index contributed by atoms with van der Waals surface area (Å²) in [5, 5.41) is 13.0. The summed E-state index contributed by atoms with van der Waals surface area (Å²) in [7, 11) is 0. The van der Waals surface area contributed by atoms with Crippen LogP contribution in [0.5, 0.6) is 0 Å². The fourth-order valence-corrected chi connectivity index (χ4v) is 10.8. The first-order valence-electron chi connectivity index (χ1n) is 20.1. The molecule has 59 heavy (non-hydrogen) atoms. The van der Waals surface area contributed by atoms with E-state index in [1.165, 1.54) is 69.2 Å². The largest absolute Gasteiger partial charge is 0.455 e. The van der Waals surface area contributed by atoms with Crippen LogP contribution in [0.1, 0.15) is 0 Å². The van der Waals surface area contributed by atoms with Gasteiger partial charge in [-0.05, 0) is 79.3 Å². The molecule has 3 heterocycles. The molecule has 0 atom stereocenters. The second kappa shape index (κ2) is 12.5. The summed E-state index contributed by atoms with van der Waals surface area (Å²) in [6.07, 6.45) is 0. The van der Waals surface area contributed by atoms with Gasteiger partial charge in [0.15, 0.2) is 0 Å². The van der Waals surface area contributed by atoms with E-state index in [1.807, 2.05) is 11.3 Å². The van der Waals surface area contributed by atoms with Crippen LogP contribution in [-0.4, -0.2) is 0 Å². The second-order valence-corrected chi connectivity index (χ2v) is 16.5. The molecule has 0 N–H and O–H groups in total. The number of hydrogen-bond donors (Lipinski definition) is 0. The van der Waals surface area contributed by atoms with Gasteiger partial charge in [-0.25, -0.2) is 0 Å². The minimum absolute atomic E-state index is 0.898. The van der Waals surface area contributed by atoms with Crippen molar-refractivity contribution >= 4 is 96.7 Å². The maximum absolute atomic E-state index is 7.05. The first-order valence-corrected chi connectivity index (χ1v) is 20.9. The fraction of sp³-hybridized carbons (Fsp3) is 0. The summed E-state index contributed by atoms with van der Waals surface area (Å²) in [6.45, 7) is 0. The molecule has 0 spiro atoms. The third kappa shape index (κ3) is 4.74. The Kier molecular flexibility index (Phi) is 6.92. The SMILES string of the molecule is c1ccc(-c2oc3c(ccc4sc5ccc(-c6c7ccccc7c(-c7cccc8c7oc7ccc9ccccc9c78)c7ccccc67)cc5c43)c2-c2ccccc2)cc1. The van der Waals surface area contributed by atoms with Crippen LogP contribution in [0.4, 0.5) is 0 Å². The number of para-hydroxylation sites is 1. The van der Waals surface area contributed by atoms with E-state index in [2.05, 4.69) is 194 Å². The highest BCUT2D eigenvalue weighted by atomic mass is 32.1. The Labute approximate surface area is 342 Å². The molecule has 13 rings (SSSR count). The van der Waals surface area contributed by atoms with E-state index in [9.17, 15) is 0 Å². The lowest BCUT2D eigenvalue weighted by molar-refractivity contribution is 0.636. The van der Waals surface area contributed by atoms with Crippen molar-refractivity contribution < 1.29 is 8.83 Å². The van der Waals surface area contributed by atoms with E-state index < -0.39 is 0 Å². The van der Waals surface area contributed by atoms with E-state index in [-0.39, 0.29) is 0 Å². The minimum atomic E-state index is 0.898. The molecule has 2 nitrogen and oxygen atoms in total. The fourth-order valence-electron chi connectivity index (χ4n) is 9.75. The molecule has 3 heteroatoms. The molecule has 0 fully saturated rings. The van der Waals surface area contributed by atoms with E-state index in [4.69, 9.17) is 8.83 Å². The van der Waals surface area contributed by atoms with Gasteiger partial charge < -0.3 is 8.83 Å². The van der Waals surface area contributed by atoms with Crippen molar-refractivity contribution in [2.24, 2.45) is 0 Å². The zero-order valence-electron chi connectivity index (χ0n) is 31.7. The lowest BCUT2D eigenvalue weighted by Crippen LogP contribution is -1.91. The monoisotopic (exact) mass is 768 g/mol. The van der Waals surface area contributed by atoms with E-state index in [1.54, 1.807) is 0 Å². The van der Waals surface area contributed by atoms with Gasteiger partial charge in [0.05, 0.1) is 0 Å². The Balaban J connectivity index is 1.08. The van der Waals surface area contributed by atoms with E-state index >= 15 is 0 Å². The van der Waals surface area contributed by atoms with Crippen molar-refractivity contribution in [2.45, 2.75) is 0 Å². The van der Waals surface area contributed by atoms with Gasteiger partial charge in [0.1, 0.15) is 22.5 Å². The second-order valence-electron chi connectivity index (χ2n) is 15.5. The molecule has 0 bridgehead atoms. The molecular weight excluding hydrogens is 737 g/mol. The molecule has 0 amide bonds. The van der Waals surface area contributed by atoms with Crippen molar-refractivity contribution in [3.63, 3.8) is 0 Å². The lowest BCUT2D eigenvalue weighted by Gasteiger charge is -2.18. The molecule has 0 aliphatic heterocycles. The molecule has 10 aromatic carbocycles.